The van der Waals surface area contributed by atoms with Gasteiger partial charge in [0.15, 0.2) is 0 Å². The Labute approximate surface area is 163 Å². The van der Waals surface area contributed by atoms with Crippen molar-refractivity contribution in [2.24, 2.45) is 0 Å². The van der Waals surface area contributed by atoms with Gasteiger partial charge in [0.2, 0.25) is 0 Å². The third-order valence-corrected chi connectivity index (χ3v) is 4.03. The van der Waals surface area contributed by atoms with Gasteiger partial charge >= 0.3 is 16.5 Å². The van der Waals surface area contributed by atoms with Gasteiger partial charge in [0.1, 0.15) is 5.75 Å². The number of pyridine rings is 1. The molecule has 2 aromatic carbocycles. The van der Waals surface area contributed by atoms with Crippen molar-refractivity contribution in [3.63, 3.8) is 0 Å². The van der Waals surface area contributed by atoms with Crippen molar-refractivity contribution < 1.29 is 21.6 Å². The SMILES string of the molecule is CN1C=CN(c2[c-]c(-c3cccc(-c4ccccc4O)n3)ccc2)[CH-]1.[Ni+2]. The zero-order valence-corrected chi connectivity index (χ0v) is 15.1. The molecule has 0 saturated carbocycles. The first-order valence-corrected chi connectivity index (χ1v) is 8.02. The van der Waals surface area contributed by atoms with E-state index in [1.807, 2.05) is 84.4 Å². The second kappa shape index (κ2) is 7.63. The number of phenolic OH excluding ortho intramolecular Hbond substituents is 1. The van der Waals surface area contributed by atoms with E-state index in [1.54, 1.807) is 12.1 Å². The molecule has 4 nitrogen and oxygen atoms in total. The van der Waals surface area contributed by atoms with E-state index < -0.39 is 0 Å². The van der Waals surface area contributed by atoms with Gasteiger partial charge in [0, 0.05) is 5.56 Å². The first-order chi connectivity index (χ1) is 12.2. The van der Waals surface area contributed by atoms with Crippen molar-refractivity contribution in [1.29, 1.82) is 0 Å². The molecule has 5 heteroatoms. The molecular weight excluding hydrogens is 369 g/mol. The molecule has 0 radical (unpaired) electrons. The average Bonchev–Trinajstić information content (AvgIpc) is 3.09. The molecule has 0 spiro atoms. The second-order valence-corrected chi connectivity index (χ2v) is 5.86. The van der Waals surface area contributed by atoms with Crippen LogP contribution in [0.25, 0.3) is 22.5 Å². The first kappa shape index (κ1) is 18.0. The number of benzene rings is 2. The number of aromatic hydroxyl groups is 1. The predicted molar refractivity (Wildman–Crippen MR) is 99.3 cm³/mol. The van der Waals surface area contributed by atoms with Gasteiger partial charge in [-0.15, -0.1) is 29.8 Å². The van der Waals surface area contributed by atoms with Crippen LogP contribution in [0.2, 0.25) is 0 Å². The molecule has 132 valence electrons. The number of rotatable bonds is 3. The zero-order valence-electron chi connectivity index (χ0n) is 14.1. The van der Waals surface area contributed by atoms with Crippen LogP contribution in [0.1, 0.15) is 0 Å². The molecule has 0 unspecified atom stereocenters. The third kappa shape index (κ3) is 3.58. The molecule has 1 aliphatic heterocycles. The number of phenols is 1. The molecule has 3 aromatic rings. The van der Waals surface area contributed by atoms with E-state index in [0.29, 0.717) is 0 Å². The fourth-order valence-corrected chi connectivity index (χ4v) is 2.77. The van der Waals surface area contributed by atoms with Crippen molar-refractivity contribution in [2.45, 2.75) is 0 Å². The van der Waals surface area contributed by atoms with Gasteiger partial charge < -0.3 is 14.9 Å². The standard InChI is InChI=1S/C21H17N3O.Ni/c1-23-12-13-24(15-23)17-7-4-6-16(14-17)19-9-5-10-20(22-19)18-8-2-3-11-21(18)25;/h2-13,15,25H,1H3;/q-2;+2. The maximum atomic E-state index is 10.1. The van der Waals surface area contributed by atoms with Crippen molar-refractivity contribution in [2.75, 3.05) is 11.9 Å². The molecule has 0 amide bonds. The Kier molecular flexibility index (Phi) is 5.29. The minimum Gasteiger partial charge on any atom is -0.510 e. The third-order valence-electron chi connectivity index (χ3n) is 4.03. The molecule has 0 saturated heterocycles. The minimum atomic E-state index is 0. The molecular formula is C21H17N3NiO. The van der Waals surface area contributed by atoms with Crippen LogP contribution in [-0.2, 0) is 16.5 Å². The summed E-state index contributed by atoms with van der Waals surface area (Å²) in [7, 11) is 1.98. The monoisotopic (exact) mass is 385 g/mol. The molecule has 2 heterocycles. The molecule has 4 rings (SSSR count). The molecule has 1 aliphatic rings. The zero-order chi connectivity index (χ0) is 17.2. The van der Waals surface area contributed by atoms with Crippen LogP contribution in [0, 0.1) is 12.7 Å². The number of nitrogens with zero attached hydrogens (tertiary/aromatic N) is 3. The number of anilines is 1. The summed E-state index contributed by atoms with van der Waals surface area (Å²) >= 11 is 0. The Hall–Kier alpha value is -2.78. The van der Waals surface area contributed by atoms with E-state index in [0.717, 1.165) is 28.2 Å². The normalized spacial score (nSPS) is 13.0. The van der Waals surface area contributed by atoms with Crippen molar-refractivity contribution in [3.8, 4) is 28.3 Å². The molecule has 1 N–H and O–H groups in total. The summed E-state index contributed by atoms with van der Waals surface area (Å²) in [5.74, 6) is 0.227. The van der Waals surface area contributed by atoms with Crippen molar-refractivity contribution in [1.82, 2.24) is 9.88 Å². The topological polar surface area (TPSA) is 39.6 Å². The number of aromatic nitrogens is 1. The fraction of sp³-hybridized carbons (Fsp3) is 0.0476. The minimum absolute atomic E-state index is 0. The van der Waals surface area contributed by atoms with Gasteiger partial charge in [0.05, 0.1) is 5.69 Å². The Morgan fingerprint density at radius 2 is 1.69 bits per heavy atom. The maximum Gasteiger partial charge on any atom is 2.00 e. The Bertz CT molecular complexity index is 942. The summed E-state index contributed by atoms with van der Waals surface area (Å²) in [4.78, 5) is 8.70. The van der Waals surface area contributed by atoms with E-state index in [-0.39, 0.29) is 22.2 Å². The van der Waals surface area contributed by atoms with Gasteiger partial charge in [-0.05, 0) is 43.3 Å². The first-order valence-electron chi connectivity index (χ1n) is 8.02. The number of para-hydroxylation sites is 1. The molecule has 0 bridgehead atoms. The van der Waals surface area contributed by atoms with Crippen LogP contribution in [0.3, 0.4) is 0 Å². The van der Waals surface area contributed by atoms with E-state index in [4.69, 9.17) is 4.98 Å². The van der Waals surface area contributed by atoms with Crippen LogP contribution in [0.5, 0.6) is 5.75 Å². The van der Waals surface area contributed by atoms with Crippen LogP contribution < -0.4 is 4.90 Å². The molecule has 0 fully saturated rings. The van der Waals surface area contributed by atoms with Gasteiger partial charge in [0.25, 0.3) is 0 Å². The Morgan fingerprint density at radius 1 is 0.923 bits per heavy atom. The van der Waals surface area contributed by atoms with Crippen LogP contribution >= 0.6 is 0 Å². The van der Waals surface area contributed by atoms with Crippen LogP contribution in [0.15, 0.2) is 73.1 Å². The summed E-state index contributed by atoms with van der Waals surface area (Å²) in [6.07, 6.45) is 3.97. The number of hydrogen-bond donors (Lipinski definition) is 1. The quantitative estimate of drug-likeness (QED) is 0.540. The maximum absolute atomic E-state index is 10.1. The van der Waals surface area contributed by atoms with E-state index >= 15 is 0 Å². The van der Waals surface area contributed by atoms with Crippen molar-refractivity contribution in [3.05, 3.63) is 85.8 Å². The van der Waals surface area contributed by atoms with E-state index in [2.05, 4.69) is 6.07 Å². The largest absolute Gasteiger partial charge is 2.00 e. The summed E-state index contributed by atoms with van der Waals surface area (Å²) in [6.45, 7) is 1.99. The predicted octanol–water partition coefficient (Wildman–Crippen LogP) is 4.26. The molecule has 26 heavy (non-hydrogen) atoms. The number of hydrogen-bond acceptors (Lipinski definition) is 4. The van der Waals surface area contributed by atoms with Gasteiger partial charge in [-0.25, -0.2) is 0 Å². The van der Waals surface area contributed by atoms with Gasteiger partial charge in [-0.2, -0.15) is 6.67 Å². The van der Waals surface area contributed by atoms with Gasteiger partial charge in [-0.1, -0.05) is 30.0 Å². The van der Waals surface area contributed by atoms with Crippen molar-refractivity contribution >= 4 is 5.69 Å². The Morgan fingerprint density at radius 3 is 2.46 bits per heavy atom. The molecule has 0 atom stereocenters. The molecule has 1 aromatic heterocycles. The van der Waals surface area contributed by atoms with Crippen LogP contribution in [-0.4, -0.2) is 22.0 Å². The smallest absolute Gasteiger partial charge is 0.510 e. The van der Waals surface area contributed by atoms with Crippen LogP contribution in [0.4, 0.5) is 5.69 Å². The van der Waals surface area contributed by atoms with Gasteiger partial charge in [-0.3, -0.25) is 4.98 Å². The molecule has 0 aliphatic carbocycles. The summed E-state index contributed by atoms with van der Waals surface area (Å²) < 4.78 is 0. The average molecular weight is 386 g/mol. The van der Waals surface area contributed by atoms with E-state index in [9.17, 15) is 5.11 Å². The second-order valence-electron chi connectivity index (χ2n) is 5.86. The summed E-state index contributed by atoms with van der Waals surface area (Å²) in [5.41, 5.74) is 4.14. The van der Waals surface area contributed by atoms with E-state index in [1.165, 1.54) is 0 Å². The summed E-state index contributed by atoms with van der Waals surface area (Å²) in [6, 6.07) is 22.4. The Balaban J connectivity index is 0.00000196. The summed E-state index contributed by atoms with van der Waals surface area (Å²) in [5, 5.41) is 10.1. The fourth-order valence-electron chi connectivity index (χ4n) is 2.77.